The number of hydrogen-bond acceptors (Lipinski definition) is 4. The van der Waals surface area contributed by atoms with E-state index < -0.39 is 15.6 Å². The summed E-state index contributed by atoms with van der Waals surface area (Å²) in [5, 5.41) is 0. The Kier molecular flexibility index (Phi) is 5.98. The average Bonchev–Trinajstić information content (AvgIpc) is 2.26. The zero-order chi connectivity index (χ0) is 15.2. The van der Waals surface area contributed by atoms with Crippen molar-refractivity contribution in [3.05, 3.63) is 30.3 Å². The van der Waals surface area contributed by atoms with Gasteiger partial charge in [-0.2, -0.15) is 0 Å². The lowest BCUT2D eigenvalue weighted by Crippen LogP contribution is -2.50. The van der Waals surface area contributed by atoms with E-state index in [1.807, 2.05) is 51.0 Å². The van der Waals surface area contributed by atoms with E-state index in [2.05, 4.69) is 4.72 Å². The SMILES string of the molecule is CN(C)CC(C)(C)NS(=O)(=O)CCOc1ccccc1. The topological polar surface area (TPSA) is 58.6 Å². The first-order valence-corrected chi connectivity index (χ1v) is 8.20. The Morgan fingerprint density at radius 1 is 1.20 bits per heavy atom. The van der Waals surface area contributed by atoms with Gasteiger partial charge in [0.05, 0.1) is 5.75 Å². The van der Waals surface area contributed by atoms with Crippen molar-refractivity contribution in [3.8, 4) is 5.75 Å². The summed E-state index contributed by atoms with van der Waals surface area (Å²) in [6, 6.07) is 9.19. The minimum atomic E-state index is -3.36. The fraction of sp³-hybridized carbons (Fsp3) is 0.571. The van der Waals surface area contributed by atoms with Crippen molar-refractivity contribution in [3.63, 3.8) is 0 Å². The molecule has 0 saturated heterocycles. The van der Waals surface area contributed by atoms with Gasteiger partial charge in [0.1, 0.15) is 12.4 Å². The van der Waals surface area contributed by atoms with E-state index in [0.29, 0.717) is 12.3 Å². The number of para-hydroxylation sites is 1. The smallest absolute Gasteiger partial charge is 0.215 e. The number of benzene rings is 1. The summed E-state index contributed by atoms with van der Waals surface area (Å²) in [6.45, 7) is 4.49. The molecule has 0 spiro atoms. The standard InChI is InChI=1S/C14H24N2O3S/c1-14(2,12-16(3)4)15-20(17,18)11-10-19-13-8-6-5-7-9-13/h5-9,15H,10-12H2,1-4H3. The van der Waals surface area contributed by atoms with Gasteiger partial charge in [-0.3, -0.25) is 0 Å². The number of nitrogens with zero attached hydrogens (tertiary/aromatic N) is 1. The molecule has 114 valence electrons. The molecule has 1 aromatic carbocycles. The Labute approximate surface area is 122 Å². The maximum absolute atomic E-state index is 12.0. The second-order valence-corrected chi connectivity index (χ2v) is 7.55. The predicted molar refractivity (Wildman–Crippen MR) is 81.5 cm³/mol. The number of nitrogens with one attached hydrogen (secondary N) is 1. The van der Waals surface area contributed by atoms with Crippen LogP contribution in [0.5, 0.6) is 5.75 Å². The molecular formula is C14H24N2O3S. The van der Waals surface area contributed by atoms with Crippen molar-refractivity contribution in [1.29, 1.82) is 0 Å². The first kappa shape index (κ1) is 16.9. The van der Waals surface area contributed by atoms with E-state index in [1.54, 1.807) is 12.1 Å². The van der Waals surface area contributed by atoms with Crippen LogP contribution in [-0.2, 0) is 10.0 Å². The van der Waals surface area contributed by atoms with Crippen LogP contribution in [0.25, 0.3) is 0 Å². The zero-order valence-corrected chi connectivity index (χ0v) is 13.4. The quantitative estimate of drug-likeness (QED) is 0.787. The highest BCUT2D eigenvalue weighted by Crippen LogP contribution is 2.09. The van der Waals surface area contributed by atoms with Gasteiger partial charge in [0, 0.05) is 12.1 Å². The van der Waals surface area contributed by atoms with Crippen LogP contribution in [0.1, 0.15) is 13.8 Å². The van der Waals surface area contributed by atoms with Crippen molar-refractivity contribution >= 4 is 10.0 Å². The summed E-state index contributed by atoms with van der Waals surface area (Å²) in [6.07, 6.45) is 0. The molecular weight excluding hydrogens is 276 g/mol. The summed E-state index contributed by atoms with van der Waals surface area (Å²) in [5.74, 6) is 0.619. The molecule has 6 heteroatoms. The van der Waals surface area contributed by atoms with Crippen molar-refractivity contribution in [2.45, 2.75) is 19.4 Å². The second kappa shape index (κ2) is 7.06. The molecule has 0 aliphatic heterocycles. The van der Waals surface area contributed by atoms with E-state index in [1.165, 1.54) is 0 Å². The molecule has 0 atom stereocenters. The maximum Gasteiger partial charge on any atom is 0.215 e. The molecule has 0 aliphatic rings. The fourth-order valence-corrected chi connectivity index (χ4v) is 3.39. The first-order valence-electron chi connectivity index (χ1n) is 6.54. The second-order valence-electron chi connectivity index (χ2n) is 5.70. The van der Waals surface area contributed by atoms with Crippen molar-refractivity contribution in [2.75, 3.05) is 33.0 Å². The number of rotatable bonds is 8. The molecule has 5 nitrogen and oxygen atoms in total. The summed E-state index contributed by atoms with van der Waals surface area (Å²) >= 11 is 0. The Hall–Kier alpha value is -1.11. The Morgan fingerprint density at radius 3 is 2.35 bits per heavy atom. The predicted octanol–water partition coefficient (Wildman–Crippen LogP) is 1.33. The van der Waals surface area contributed by atoms with Crippen LogP contribution >= 0.6 is 0 Å². The highest BCUT2D eigenvalue weighted by atomic mass is 32.2. The van der Waals surface area contributed by atoms with E-state index in [9.17, 15) is 8.42 Å². The van der Waals surface area contributed by atoms with Crippen molar-refractivity contribution < 1.29 is 13.2 Å². The molecule has 0 saturated carbocycles. The van der Waals surface area contributed by atoms with Gasteiger partial charge in [-0.05, 0) is 40.1 Å². The minimum absolute atomic E-state index is 0.0568. The highest BCUT2D eigenvalue weighted by Gasteiger charge is 2.25. The van der Waals surface area contributed by atoms with E-state index in [-0.39, 0.29) is 12.4 Å². The van der Waals surface area contributed by atoms with Gasteiger partial charge in [-0.1, -0.05) is 18.2 Å². The molecule has 0 aromatic heterocycles. The molecule has 0 fully saturated rings. The molecule has 0 heterocycles. The zero-order valence-electron chi connectivity index (χ0n) is 12.6. The number of sulfonamides is 1. The minimum Gasteiger partial charge on any atom is -0.492 e. The van der Waals surface area contributed by atoms with Crippen LogP contribution < -0.4 is 9.46 Å². The molecule has 0 aliphatic carbocycles. The van der Waals surface area contributed by atoms with Crippen LogP contribution in [0.15, 0.2) is 30.3 Å². The van der Waals surface area contributed by atoms with Gasteiger partial charge in [0.2, 0.25) is 10.0 Å². The highest BCUT2D eigenvalue weighted by molar-refractivity contribution is 7.89. The van der Waals surface area contributed by atoms with Gasteiger partial charge in [-0.15, -0.1) is 0 Å². The summed E-state index contributed by atoms with van der Waals surface area (Å²) in [7, 11) is 0.466. The average molecular weight is 300 g/mol. The lowest BCUT2D eigenvalue weighted by Gasteiger charge is -2.29. The number of ether oxygens (including phenoxy) is 1. The number of hydrogen-bond donors (Lipinski definition) is 1. The van der Waals surface area contributed by atoms with E-state index >= 15 is 0 Å². The molecule has 0 radical (unpaired) electrons. The van der Waals surface area contributed by atoms with Gasteiger partial charge in [-0.25, -0.2) is 13.1 Å². The molecule has 0 amide bonds. The monoisotopic (exact) mass is 300 g/mol. The third-order valence-corrected chi connectivity index (χ3v) is 4.08. The first-order chi connectivity index (χ1) is 9.20. The Morgan fingerprint density at radius 2 is 1.80 bits per heavy atom. The molecule has 1 N–H and O–H groups in total. The van der Waals surface area contributed by atoms with Gasteiger partial charge < -0.3 is 9.64 Å². The largest absolute Gasteiger partial charge is 0.492 e. The van der Waals surface area contributed by atoms with Gasteiger partial charge >= 0.3 is 0 Å². The van der Waals surface area contributed by atoms with Crippen molar-refractivity contribution in [1.82, 2.24) is 9.62 Å². The summed E-state index contributed by atoms with van der Waals surface area (Å²) in [4.78, 5) is 1.95. The third kappa shape index (κ3) is 6.88. The van der Waals surface area contributed by atoms with Crippen LogP contribution in [0, 0.1) is 0 Å². The molecule has 20 heavy (non-hydrogen) atoms. The summed E-state index contributed by atoms with van der Waals surface area (Å²) < 4.78 is 32.1. The third-order valence-electron chi connectivity index (χ3n) is 2.51. The van der Waals surface area contributed by atoms with Crippen molar-refractivity contribution in [2.24, 2.45) is 0 Å². The lowest BCUT2D eigenvalue weighted by atomic mass is 10.1. The molecule has 0 bridgehead atoms. The normalized spacial score (nSPS) is 12.7. The van der Waals surface area contributed by atoms with Crippen LogP contribution in [0.2, 0.25) is 0 Å². The lowest BCUT2D eigenvalue weighted by molar-refractivity contribution is 0.296. The van der Waals surface area contributed by atoms with Crippen LogP contribution in [0.4, 0.5) is 0 Å². The maximum atomic E-state index is 12.0. The van der Waals surface area contributed by atoms with Gasteiger partial charge in [0.25, 0.3) is 0 Å². The molecule has 1 aromatic rings. The molecule has 0 unspecified atom stereocenters. The van der Waals surface area contributed by atoms with E-state index in [0.717, 1.165) is 0 Å². The van der Waals surface area contributed by atoms with Crippen LogP contribution in [0.3, 0.4) is 0 Å². The van der Waals surface area contributed by atoms with Crippen LogP contribution in [-0.4, -0.2) is 51.9 Å². The van der Waals surface area contributed by atoms with E-state index in [4.69, 9.17) is 4.74 Å². The van der Waals surface area contributed by atoms with Gasteiger partial charge in [0.15, 0.2) is 0 Å². The fourth-order valence-electron chi connectivity index (χ4n) is 2.08. The Bertz CT molecular complexity index is 498. The summed E-state index contributed by atoms with van der Waals surface area (Å²) in [5.41, 5.74) is -0.505. The number of likely N-dealkylation sites (N-methyl/N-ethyl adjacent to an activating group) is 1. The Balaban J connectivity index is 2.46. The molecule has 1 rings (SSSR count).